The van der Waals surface area contributed by atoms with Gasteiger partial charge in [0.15, 0.2) is 0 Å². The molecule has 0 heterocycles. The molecule has 1 rings (SSSR count). The fraction of sp³-hybridized carbons (Fsp3) is 0.455. The van der Waals surface area contributed by atoms with Crippen molar-refractivity contribution in [2.75, 3.05) is 7.11 Å². The van der Waals surface area contributed by atoms with Crippen LogP contribution in [-0.4, -0.2) is 12.6 Å². The highest BCUT2D eigenvalue weighted by atomic mass is 19.1. The number of benzene rings is 1. The minimum atomic E-state index is -0.335. The summed E-state index contributed by atoms with van der Waals surface area (Å²) in [5.41, 5.74) is 6.37. The summed E-state index contributed by atoms with van der Waals surface area (Å²) in [5.74, 6) is 0.243. The first kappa shape index (κ1) is 11.0. The summed E-state index contributed by atoms with van der Waals surface area (Å²) in [6, 6.07) is 4.64. The lowest BCUT2D eigenvalue weighted by atomic mass is 9.96. The van der Waals surface area contributed by atoms with Gasteiger partial charge in [0.2, 0.25) is 0 Å². The van der Waals surface area contributed by atoms with Gasteiger partial charge in [-0.2, -0.15) is 0 Å². The van der Waals surface area contributed by atoms with Gasteiger partial charge in [-0.05, 0) is 38.0 Å². The van der Waals surface area contributed by atoms with Gasteiger partial charge < -0.3 is 10.5 Å². The fourth-order valence-corrected chi connectivity index (χ4v) is 1.37. The second kappa shape index (κ2) is 3.96. The van der Waals surface area contributed by atoms with E-state index in [1.807, 2.05) is 13.8 Å². The zero-order valence-corrected chi connectivity index (χ0v) is 8.80. The third kappa shape index (κ3) is 3.34. The van der Waals surface area contributed by atoms with E-state index < -0.39 is 0 Å². The molecule has 2 nitrogen and oxygen atoms in total. The highest BCUT2D eigenvalue weighted by Crippen LogP contribution is 2.19. The molecule has 0 aliphatic rings. The molecule has 78 valence electrons. The molecule has 0 spiro atoms. The number of halogens is 1. The molecule has 0 amide bonds. The summed E-state index contributed by atoms with van der Waals surface area (Å²) in [6.07, 6.45) is 0.626. The number of nitrogens with two attached hydrogens (primary N) is 1. The van der Waals surface area contributed by atoms with Crippen LogP contribution in [0.5, 0.6) is 5.75 Å². The molecular weight excluding hydrogens is 181 g/mol. The van der Waals surface area contributed by atoms with E-state index >= 15 is 0 Å². The zero-order chi connectivity index (χ0) is 10.8. The van der Waals surface area contributed by atoms with Crippen molar-refractivity contribution >= 4 is 0 Å². The molecule has 1 aromatic rings. The molecule has 0 fully saturated rings. The van der Waals surface area contributed by atoms with Gasteiger partial charge in [-0.3, -0.25) is 0 Å². The summed E-state index contributed by atoms with van der Waals surface area (Å²) < 4.78 is 18.0. The van der Waals surface area contributed by atoms with Crippen LogP contribution in [0.2, 0.25) is 0 Å². The third-order valence-corrected chi connectivity index (χ3v) is 1.83. The number of ether oxygens (including phenoxy) is 1. The summed E-state index contributed by atoms with van der Waals surface area (Å²) >= 11 is 0. The number of hydrogen-bond donors (Lipinski definition) is 1. The Kier molecular flexibility index (Phi) is 3.11. The van der Waals surface area contributed by atoms with Crippen molar-refractivity contribution in [1.29, 1.82) is 0 Å². The van der Waals surface area contributed by atoms with Crippen molar-refractivity contribution in [2.24, 2.45) is 5.73 Å². The van der Waals surface area contributed by atoms with Crippen LogP contribution in [0.15, 0.2) is 18.2 Å². The van der Waals surface area contributed by atoms with E-state index in [4.69, 9.17) is 10.5 Å². The Morgan fingerprint density at radius 2 is 2.00 bits per heavy atom. The average Bonchev–Trinajstić information content (AvgIpc) is 1.99. The molecule has 0 radical (unpaired) electrons. The topological polar surface area (TPSA) is 35.2 Å². The molecule has 0 atom stereocenters. The summed E-state index contributed by atoms with van der Waals surface area (Å²) in [7, 11) is 1.52. The molecule has 0 unspecified atom stereocenters. The second-order valence-electron chi connectivity index (χ2n) is 4.16. The van der Waals surface area contributed by atoms with Crippen LogP contribution < -0.4 is 10.5 Å². The Labute approximate surface area is 83.9 Å². The van der Waals surface area contributed by atoms with Gasteiger partial charge in [0.05, 0.1) is 7.11 Å². The molecule has 0 aliphatic carbocycles. The maximum Gasteiger partial charge on any atom is 0.127 e. The van der Waals surface area contributed by atoms with E-state index in [2.05, 4.69) is 0 Å². The van der Waals surface area contributed by atoms with E-state index in [1.165, 1.54) is 19.2 Å². The third-order valence-electron chi connectivity index (χ3n) is 1.83. The molecule has 0 aliphatic heterocycles. The standard InChI is InChI=1S/C11H16FNO/c1-11(2,13)7-8-4-9(12)6-10(5-8)14-3/h4-6H,7,13H2,1-3H3. The van der Waals surface area contributed by atoms with Crippen molar-refractivity contribution in [3.05, 3.63) is 29.6 Å². The van der Waals surface area contributed by atoms with Crippen LogP contribution >= 0.6 is 0 Å². The molecule has 3 heteroatoms. The van der Waals surface area contributed by atoms with Crippen molar-refractivity contribution in [3.8, 4) is 5.75 Å². The smallest absolute Gasteiger partial charge is 0.127 e. The van der Waals surface area contributed by atoms with Crippen molar-refractivity contribution in [1.82, 2.24) is 0 Å². The molecular formula is C11H16FNO. The van der Waals surface area contributed by atoms with E-state index in [9.17, 15) is 4.39 Å². The van der Waals surface area contributed by atoms with Gasteiger partial charge in [0.1, 0.15) is 11.6 Å². The van der Waals surface area contributed by atoms with Crippen LogP contribution in [0.4, 0.5) is 4.39 Å². The van der Waals surface area contributed by atoms with E-state index in [0.29, 0.717) is 12.2 Å². The number of hydrogen-bond acceptors (Lipinski definition) is 2. The van der Waals surface area contributed by atoms with Crippen molar-refractivity contribution in [2.45, 2.75) is 25.8 Å². The largest absolute Gasteiger partial charge is 0.497 e. The quantitative estimate of drug-likeness (QED) is 0.805. The van der Waals surface area contributed by atoms with Crippen LogP contribution in [-0.2, 0) is 6.42 Å². The Bertz CT molecular complexity index is 318. The minimum Gasteiger partial charge on any atom is -0.497 e. The minimum absolute atomic E-state index is 0.288. The normalized spacial score (nSPS) is 11.5. The van der Waals surface area contributed by atoms with Crippen LogP contribution in [0.1, 0.15) is 19.4 Å². The molecule has 1 aromatic carbocycles. The van der Waals surface area contributed by atoms with Crippen molar-refractivity contribution < 1.29 is 9.13 Å². The molecule has 0 bridgehead atoms. The summed E-state index contributed by atoms with van der Waals surface area (Å²) in [6.45, 7) is 3.81. The zero-order valence-electron chi connectivity index (χ0n) is 8.80. The number of methoxy groups -OCH3 is 1. The maximum atomic E-state index is 13.1. The lowest BCUT2D eigenvalue weighted by molar-refractivity contribution is 0.409. The van der Waals surface area contributed by atoms with E-state index in [1.54, 1.807) is 6.07 Å². The molecule has 0 saturated heterocycles. The van der Waals surface area contributed by atoms with Crippen LogP contribution in [0.25, 0.3) is 0 Å². The summed E-state index contributed by atoms with van der Waals surface area (Å²) in [5, 5.41) is 0. The fourth-order valence-electron chi connectivity index (χ4n) is 1.37. The number of rotatable bonds is 3. The highest BCUT2D eigenvalue weighted by molar-refractivity contribution is 5.30. The highest BCUT2D eigenvalue weighted by Gasteiger charge is 2.12. The SMILES string of the molecule is COc1cc(F)cc(CC(C)(C)N)c1. The Hall–Kier alpha value is -1.09. The van der Waals surface area contributed by atoms with Gasteiger partial charge in [-0.25, -0.2) is 4.39 Å². The van der Waals surface area contributed by atoms with Gasteiger partial charge in [0, 0.05) is 11.6 Å². The van der Waals surface area contributed by atoms with Crippen LogP contribution in [0, 0.1) is 5.82 Å². The van der Waals surface area contributed by atoms with Gasteiger partial charge in [0.25, 0.3) is 0 Å². The monoisotopic (exact) mass is 197 g/mol. The lowest BCUT2D eigenvalue weighted by Gasteiger charge is -2.18. The predicted molar refractivity (Wildman–Crippen MR) is 54.9 cm³/mol. The second-order valence-corrected chi connectivity index (χ2v) is 4.16. The Morgan fingerprint density at radius 3 is 2.50 bits per heavy atom. The molecule has 2 N–H and O–H groups in total. The predicted octanol–water partition coefficient (Wildman–Crippen LogP) is 2.11. The van der Waals surface area contributed by atoms with Crippen LogP contribution in [0.3, 0.4) is 0 Å². The first-order valence-corrected chi connectivity index (χ1v) is 4.53. The lowest BCUT2D eigenvalue weighted by Crippen LogP contribution is -2.34. The molecule has 0 saturated carbocycles. The first-order chi connectivity index (χ1) is 6.40. The van der Waals surface area contributed by atoms with E-state index in [0.717, 1.165) is 5.56 Å². The van der Waals surface area contributed by atoms with Gasteiger partial charge in [-0.1, -0.05) is 0 Å². The van der Waals surface area contributed by atoms with Crippen molar-refractivity contribution in [3.63, 3.8) is 0 Å². The molecule has 14 heavy (non-hydrogen) atoms. The Morgan fingerprint density at radius 1 is 1.36 bits per heavy atom. The maximum absolute atomic E-state index is 13.1. The van der Waals surface area contributed by atoms with Gasteiger partial charge in [-0.15, -0.1) is 0 Å². The summed E-state index contributed by atoms with van der Waals surface area (Å²) in [4.78, 5) is 0. The molecule has 0 aromatic heterocycles. The van der Waals surface area contributed by atoms with E-state index in [-0.39, 0.29) is 11.4 Å². The van der Waals surface area contributed by atoms with Gasteiger partial charge >= 0.3 is 0 Å². The first-order valence-electron chi connectivity index (χ1n) is 4.53. The average molecular weight is 197 g/mol. The Balaban J connectivity index is 2.92.